The quantitative estimate of drug-likeness (QED) is 0.683. The number of sulfonamides is 1. The summed E-state index contributed by atoms with van der Waals surface area (Å²) in [6.07, 6.45) is 2.75. The summed E-state index contributed by atoms with van der Waals surface area (Å²) >= 11 is 0. The number of amides is 1. The molecule has 0 aliphatic carbocycles. The molecule has 1 amide bonds. The number of benzene rings is 2. The highest BCUT2D eigenvalue weighted by Crippen LogP contribution is 2.28. The van der Waals surface area contributed by atoms with Gasteiger partial charge in [0.2, 0.25) is 10.0 Å². The van der Waals surface area contributed by atoms with Crippen LogP contribution >= 0.6 is 0 Å². The first-order valence-electron chi connectivity index (χ1n) is 11.1. The van der Waals surface area contributed by atoms with Crippen LogP contribution in [0.2, 0.25) is 0 Å². The Kier molecular flexibility index (Phi) is 7.30. The molecule has 1 heterocycles. The fourth-order valence-electron chi connectivity index (χ4n) is 3.91. The number of rotatable bonds is 6. The van der Waals surface area contributed by atoms with E-state index in [1.807, 2.05) is 19.1 Å². The Morgan fingerprint density at radius 1 is 1.03 bits per heavy atom. The van der Waals surface area contributed by atoms with E-state index in [1.165, 1.54) is 29.1 Å². The van der Waals surface area contributed by atoms with Crippen LogP contribution in [0.25, 0.3) is 0 Å². The van der Waals surface area contributed by atoms with Crippen molar-refractivity contribution in [2.45, 2.75) is 63.3 Å². The van der Waals surface area contributed by atoms with Crippen LogP contribution in [-0.2, 0) is 15.4 Å². The largest absolute Gasteiger partial charge is 0.496 e. The van der Waals surface area contributed by atoms with Gasteiger partial charge in [0.05, 0.1) is 23.6 Å². The van der Waals surface area contributed by atoms with Crippen LogP contribution in [0.15, 0.2) is 47.4 Å². The number of nitrogens with zero attached hydrogens (tertiary/aromatic N) is 1. The Labute approximate surface area is 192 Å². The van der Waals surface area contributed by atoms with E-state index >= 15 is 0 Å². The highest BCUT2D eigenvalue weighted by Gasteiger charge is 2.28. The minimum absolute atomic E-state index is 0.0542. The molecule has 1 fully saturated rings. The molecule has 1 aliphatic heterocycles. The first-order chi connectivity index (χ1) is 15.0. The average Bonchev–Trinajstić information content (AvgIpc) is 2.78. The third kappa shape index (κ3) is 5.33. The van der Waals surface area contributed by atoms with Gasteiger partial charge >= 0.3 is 0 Å². The third-order valence-corrected chi connectivity index (χ3v) is 7.89. The number of methoxy groups -OCH3 is 1. The van der Waals surface area contributed by atoms with Crippen molar-refractivity contribution in [1.82, 2.24) is 9.62 Å². The lowest BCUT2D eigenvalue weighted by molar-refractivity contribution is 0.0936. The number of hydrogen-bond acceptors (Lipinski definition) is 4. The van der Waals surface area contributed by atoms with E-state index in [0.29, 0.717) is 18.8 Å². The Balaban J connectivity index is 1.83. The molecule has 0 aromatic heterocycles. The van der Waals surface area contributed by atoms with Crippen molar-refractivity contribution in [3.63, 3.8) is 0 Å². The van der Waals surface area contributed by atoms with Crippen molar-refractivity contribution in [2.75, 3.05) is 20.2 Å². The predicted octanol–water partition coefficient (Wildman–Crippen LogP) is 4.66. The van der Waals surface area contributed by atoms with Gasteiger partial charge in [-0.15, -0.1) is 0 Å². The number of hydrogen-bond donors (Lipinski definition) is 1. The molecule has 1 atom stereocenters. The van der Waals surface area contributed by atoms with Gasteiger partial charge < -0.3 is 10.1 Å². The summed E-state index contributed by atoms with van der Waals surface area (Å²) in [6.45, 7) is 9.40. The van der Waals surface area contributed by atoms with E-state index in [0.717, 1.165) is 24.8 Å². The molecule has 0 saturated carbocycles. The second-order valence-corrected chi connectivity index (χ2v) is 11.3. The second-order valence-electron chi connectivity index (χ2n) is 9.39. The molecule has 0 radical (unpaired) electrons. The summed E-state index contributed by atoms with van der Waals surface area (Å²) in [4.78, 5) is 13.2. The molecule has 1 unspecified atom stereocenters. The Morgan fingerprint density at radius 2 is 1.66 bits per heavy atom. The molecule has 1 aliphatic rings. The Bertz CT molecular complexity index is 1050. The van der Waals surface area contributed by atoms with Crippen molar-refractivity contribution in [2.24, 2.45) is 0 Å². The maximum Gasteiger partial charge on any atom is 0.255 e. The van der Waals surface area contributed by atoms with Crippen LogP contribution in [-0.4, -0.2) is 38.8 Å². The maximum absolute atomic E-state index is 13.1. The lowest BCUT2D eigenvalue weighted by Gasteiger charge is -2.26. The lowest BCUT2D eigenvalue weighted by atomic mass is 9.86. The number of ether oxygens (including phenoxy) is 1. The van der Waals surface area contributed by atoms with Crippen LogP contribution < -0.4 is 10.1 Å². The second kappa shape index (κ2) is 9.63. The number of carbonyl (C=O) groups is 1. The van der Waals surface area contributed by atoms with Crippen molar-refractivity contribution < 1.29 is 17.9 Å². The molecule has 2 aromatic carbocycles. The molecule has 174 valence electrons. The molecule has 1 saturated heterocycles. The first-order valence-corrected chi connectivity index (χ1v) is 12.6. The lowest BCUT2D eigenvalue weighted by Crippen LogP contribution is -2.35. The molecule has 0 spiro atoms. The summed E-state index contributed by atoms with van der Waals surface area (Å²) in [5.41, 5.74) is 2.46. The first kappa shape index (κ1) is 24.3. The molecule has 2 aromatic rings. The highest BCUT2D eigenvalue weighted by atomic mass is 32.2. The normalized spacial score (nSPS) is 16.4. The average molecular weight is 459 g/mol. The molecule has 3 rings (SSSR count). The van der Waals surface area contributed by atoms with Gasteiger partial charge in [0.25, 0.3) is 5.91 Å². The van der Waals surface area contributed by atoms with E-state index in [1.54, 1.807) is 6.07 Å². The van der Waals surface area contributed by atoms with Gasteiger partial charge in [0.15, 0.2) is 0 Å². The van der Waals surface area contributed by atoms with Crippen molar-refractivity contribution in [1.29, 1.82) is 0 Å². The van der Waals surface area contributed by atoms with Crippen LogP contribution in [0.5, 0.6) is 5.75 Å². The zero-order valence-corrected chi connectivity index (χ0v) is 20.5. The SMILES string of the molecule is COc1ccc(S(=O)(=O)N2CCCCC2)cc1C(=O)NC(C)c1ccc(C(C)(C)C)cc1. The molecular formula is C25H34N2O4S. The minimum atomic E-state index is -3.64. The summed E-state index contributed by atoms with van der Waals surface area (Å²) in [6, 6.07) is 12.4. The minimum Gasteiger partial charge on any atom is -0.496 e. The van der Waals surface area contributed by atoms with E-state index < -0.39 is 10.0 Å². The van der Waals surface area contributed by atoms with E-state index in [2.05, 4.69) is 38.2 Å². The highest BCUT2D eigenvalue weighted by molar-refractivity contribution is 7.89. The monoisotopic (exact) mass is 458 g/mol. The van der Waals surface area contributed by atoms with Crippen molar-refractivity contribution in [3.05, 3.63) is 59.2 Å². The fourth-order valence-corrected chi connectivity index (χ4v) is 5.45. The van der Waals surface area contributed by atoms with E-state index in [-0.39, 0.29) is 27.8 Å². The van der Waals surface area contributed by atoms with Crippen LogP contribution in [0, 0.1) is 0 Å². The zero-order chi connectivity index (χ0) is 23.5. The topological polar surface area (TPSA) is 75.7 Å². The Hall–Kier alpha value is -2.38. The van der Waals surface area contributed by atoms with E-state index in [9.17, 15) is 13.2 Å². The number of nitrogens with one attached hydrogen (secondary N) is 1. The van der Waals surface area contributed by atoms with Gasteiger partial charge in [-0.2, -0.15) is 4.31 Å². The predicted molar refractivity (Wildman–Crippen MR) is 127 cm³/mol. The fraction of sp³-hybridized carbons (Fsp3) is 0.480. The standard InChI is InChI=1S/C25H34N2O4S/c1-18(19-9-11-20(12-10-19)25(2,3)4)26-24(28)22-17-21(13-14-23(22)31-5)32(29,30)27-15-7-6-8-16-27/h9-14,17-18H,6-8,15-16H2,1-5H3,(H,26,28). The summed E-state index contributed by atoms with van der Waals surface area (Å²) in [5, 5.41) is 2.98. The maximum atomic E-state index is 13.1. The van der Waals surface area contributed by atoms with Gasteiger partial charge in [0.1, 0.15) is 5.75 Å². The molecule has 7 heteroatoms. The van der Waals surface area contributed by atoms with E-state index in [4.69, 9.17) is 4.74 Å². The summed E-state index contributed by atoms with van der Waals surface area (Å²) in [5.74, 6) is -0.0275. The number of carbonyl (C=O) groups excluding carboxylic acids is 1. The van der Waals surface area contributed by atoms with Gasteiger partial charge in [-0.05, 0) is 54.5 Å². The van der Waals surface area contributed by atoms with Crippen molar-refractivity contribution in [3.8, 4) is 5.75 Å². The summed E-state index contributed by atoms with van der Waals surface area (Å²) in [7, 11) is -2.17. The molecule has 1 N–H and O–H groups in total. The number of piperidine rings is 1. The third-order valence-electron chi connectivity index (χ3n) is 5.99. The molecular weight excluding hydrogens is 424 g/mol. The van der Waals surface area contributed by atoms with Gasteiger partial charge in [0, 0.05) is 13.1 Å². The summed E-state index contributed by atoms with van der Waals surface area (Å²) < 4.78 is 33.0. The van der Waals surface area contributed by atoms with Crippen LogP contribution in [0.4, 0.5) is 0 Å². The zero-order valence-electron chi connectivity index (χ0n) is 19.6. The van der Waals surface area contributed by atoms with Crippen LogP contribution in [0.3, 0.4) is 0 Å². The van der Waals surface area contributed by atoms with Crippen molar-refractivity contribution >= 4 is 15.9 Å². The van der Waals surface area contributed by atoms with Gasteiger partial charge in [-0.1, -0.05) is 51.5 Å². The smallest absolute Gasteiger partial charge is 0.255 e. The van der Waals surface area contributed by atoms with Crippen LogP contribution in [0.1, 0.15) is 74.5 Å². The molecule has 32 heavy (non-hydrogen) atoms. The molecule has 0 bridgehead atoms. The van der Waals surface area contributed by atoms with Gasteiger partial charge in [-0.3, -0.25) is 4.79 Å². The molecule has 6 nitrogen and oxygen atoms in total. The Morgan fingerprint density at radius 3 is 2.22 bits per heavy atom. The van der Waals surface area contributed by atoms with Gasteiger partial charge in [-0.25, -0.2) is 8.42 Å².